The molecule has 3 N–H and O–H groups in total. The lowest BCUT2D eigenvalue weighted by Crippen LogP contribution is -2.55. The van der Waals surface area contributed by atoms with Gasteiger partial charge in [-0.3, -0.25) is 4.79 Å². The smallest absolute Gasteiger partial charge is 0.184 e. The van der Waals surface area contributed by atoms with E-state index in [0.717, 1.165) is 0 Å². The highest BCUT2D eigenvalue weighted by molar-refractivity contribution is 7.99. The first-order valence-corrected chi connectivity index (χ1v) is 10.7. The van der Waals surface area contributed by atoms with E-state index in [9.17, 15) is 20.1 Å². The first-order valence-electron chi connectivity index (χ1n) is 9.04. The second-order valence-corrected chi connectivity index (χ2v) is 8.63. The number of aliphatic hydroxyl groups excluding tert-OH is 3. The molecular formula is C18H21Cl2N3O5S. The van der Waals surface area contributed by atoms with Gasteiger partial charge in [0.05, 0.1) is 22.8 Å². The first kappa shape index (κ1) is 22.5. The Hall–Kier alpha value is -1.20. The number of ether oxygens (including phenoxy) is 1. The fourth-order valence-electron chi connectivity index (χ4n) is 3.07. The van der Waals surface area contributed by atoms with Gasteiger partial charge in [0.15, 0.2) is 5.78 Å². The molecule has 2 unspecified atom stereocenters. The number of aromatic nitrogens is 3. The average molecular weight is 462 g/mol. The van der Waals surface area contributed by atoms with Crippen molar-refractivity contribution in [2.45, 2.75) is 54.5 Å². The Bertz CT molecular complexity index is 868. The zero-order chi connectivity index (χ0) is 21.1. The predicted molar refractivity (Wildman–Crippen MR) is 108 cm³/mol. The van der Waals surface area contributed by atoms with E-state index in [2.05, 4.69) is 10.3 Å². The highest BCUT2D eigenvalue weighted by atomic mass is 35.5. The lowest BCUT2D eigenvalue weighted by Gasteiger charge is -2.41. The van der Waals surface area contributed by atoms with Crippen LogP contribution in [0, 0.1) is 0 Å². The molecule has 3 rings (SSSR count). The number of carbonyl (C=O) groups excluding carboxylic acids is 1. The zero-order valence-corrected chi connectivity index (χ0v) is 17.8. The van der Waals surface area contributed by atoms with Crippen molar-refractivity contribution in [2.24, 2.45) is 0 Å². The Morgan fingerprint density at radius 3 is 2.69 bits per heavy atom. The van der Waals surface area contributed by atoms with E-state index in [0.29, 0.717) is 27.8 Å². The van der Waals surface area contributed by atoms with Crippen LogP contribution in [0.3, 0.4) is 0 Å². The van der Waals surface area contributed by atoms with Gasteiger partial charge in [-0.05, 0) is 24.6 Å². The number of halogens is 2. The number of ketones is 1. The van der Waals surface area contributed by atoms with E-state index in [-0.39, 0.29) is 11.5 Å². The highest BCUT2D eigenvalue weighted by Gasteiger charge is 2.46. The molecule has 0 saturated carbocycles. The molecule has 1 aliphatic rings. The molecule has 29 heavy (non-hydrogen) atoms. The quantitative estimate of drug-likeness (QED) is 0.537. The van der Waals surface area contributed by atoms with Gasteiger partial charge in [0.25, 0.3) is 0 Å². The predicted octanol–water partition coefficient (Wildman–Crippen LogP) is 2.34. The van der Waals surface area contributed by atoms with Crippen LogP contribution in [0.5, 0.6) is 0 Å². The molecule has 1 aliphatic heterocycles. The number of hydrogen-bond acceptors (Lipinski definition) is 8. The maximum atomic E-state index is 12.1. The van der Waals surface area contributed by atoms with Gasteiger partial charge in [0.2, 0.25) is 0 Å². The zero-order valence-electron chi connectivity index (χ0n) is 15.5. The number of aliphatic hydroxyl groups is 3. The largest absolute Gasteiger partial charge is 0.394 e. The van der Waals surface area contributed by atoms with Crippen LogP contribution in [-0.2, 0) is 4.74 Å². The molecule has 1 saturated heterocycles. The highest BCUT2D eigenvalue weighted by Crippen LogP contribution is 2.39. The summed E-state index contributed by atoms with van der Waals surface area (Å²) in [7, 11) is 0. The summed E-state index contributed by atoms with van der Waals surface area (Å²) in [6.07, 6.45) is -1.02. The maximum absolute atomic E-state index is 12.1. The minimum atomic E-state index is -1.25. The van der Waals surface area contributed by atoms with Crippen LogP contribution in [0.15, 0.2) is 29.3 Å². The monoisotopic (exact) mass is 461 g/mol. The molecule has 5 atom stereocenters. The molecule has 1 aromatic carbocycles. The molecule has 0 bridgehead atoms. The summed E-state index contributed by atoms with van der Waals surface area (Å²) in [4.78, 5) is 12.7. The maximum Gasteiger partial charge on any atom is 0.184 e. The lowest BCUT2D eigenvalue weighted by molar-refractivity contribution is -0.178. The SMILES string of the molecule is CCCC(=O)c1cn([C@@H]2C(O)[C@@H](Sc3ccc(Cl)c(Cl)c3)OC(CO)[C@@H]2O)nn1. The van der Waals surface area contributed by atoms with E-state index < -0.39 is 36.4 Å². The van der Waals surface area contributed by atoms with E-state index in [1.165, 1.54) is 22.6 Å². The Morgan fingerprint density at radius 2 is 2.03 bits per heavy atom. The Labute approximate surface area is 181 Å². The molecule has 0 radical (unpaired) electrons. The molecule has 0 aliphatic carbocycles. The van der Waals surface area contributed by atoms with Crippen LogP contribution in [-0.4, -0.2) is 66.5 Å². The topological polar surface area (TPSA) is 118 Å². The van der Waals surface area contributed by atoms with Crippen LogP contribution in [0.2, 0.25) is 10.0 Å². The summed E-state index contributed by atoms with van der Waals surface area (Å²) in [5, 5.41) is 39.6. The van der Waals surface area contributed by atoms with Crippen molar-refractivity contribution >= 4 is 40.7 Å². The minimum Gasteiger partial charge on any atom is -0.394 e. The molecule has 158 valence electrons. The molecule has 1 aromatic heterocycles. The number of Topliss-reactive ketones (excluding diaryl/α,β-unsaturated/α-hetero) is 1. The standard InChI is InChI=1S/C18H21Cl2N3O5S/c1-2-3-13(25)12-7-23(22-21-12)15-16(26)14(8-24)28-18(17(15)27)29-9-4-5-10(19)11(20)6-9/h4-7,14-18,24,26-27H,2-3,8H2,1H3/t14?,15-,16-,17?,18+/m0/s1. The van der Waals surface area contributed by atoms with E-state index in [4.69, 9.17) is 27.9 Å². The Morgan fingerprint density at radius 1 is 1.28 bits per heavy atom. The van der Waals surface area contributed by atoms with Crippen molar-refractivity contribution in [3.63, 3.8) is 0 Å². The number of thioether (sulfide) groups is 1. The molecule has 8 nitrogen and oxygen atoms in total. The van der Waals surface area contributed by atoms with Crippen molar-refractivity contribution in [1.29, 1.82) is 0 Å². The van der Waals surface area contributed by atoms with E-state index in [1.54, 1.807) is 18.2 Å². The van der Waals surface area contributed by atoms with Gasteiger partial charge in [-0.25, -0.2) is 4.68 Å². The molecule has 0 spiro atoms. The third-order valence-corrected chi connectivity index (χ3v) is 6.46. The summed E-state index contributed by atoms with van der Waals surface area (Å²) in [5.74, 6) is -0.171. The van der Waals surface area contributed by atoms with Gasteiger partial charge in [-0.1, -0.05) is 47.1 Å². The van der Waals surface area contributed by atoms with Gasteiger partial charge in [0, 0.05) is 11.3 Å². The van der Waals surface area contributed by atoms with Gasteiger partial charge in [-0.2, -0.15) is 0 Å². The molecule has 11 heteroatoms. The van der Waals surface area contributed by atoms with Crippen LogP contribution < -0.4 is 0 Å². The lowest BCUT2D eigenvalue weighted by atomic mass is 9.97. The Balaban J connectivity index is 1.85. The summed E-state index contributed by atoms with van der Waals surface area (Å²) in [5.41, 5.74) is -0.677. The number of hydrogen-bond donors (Lipinski definition) is 3. The van der Waals surface area contributed by atoms with Crippen molar-refractivity contribution in [3.8, 4) is 0 Å². The van der Waals surface area contributed by atoms with Crippen molar-refractivity contribution in [1.82, 2.24) is 15.0 Å². The molecule has 1 fully saturated rings. The summed E-state index contributed by atoms with van der Waals surface area (Å²) in [6, 6.07) is 4.02. The summed E-state index contributed by atoms with van der Waals surface area (Å²) in [6.45, 7) is 1.42. The van der Waals surface area contributed by atoms with Gasteiger partial charge in [-0.15, -0.1) is 5.10 Å². The second-order valence-electron chi connectivity index (χ2n) is 6.65. The normalized spacial score (nSPS) is 27.2. The van der Waals surface area contributed by atoms with Crippen molar-refractivity contribution in [3.05, 3.63) is 40.1 Å². The third kappa shape index (κ3) is 4.93. The first-order chi connectivity index (χ1) is 13.8. The third-order valence-electron chi connectivity index (χ3n) is 4.57. The summed E-state index contributed by atoms with van der Waals surface area (Å²) >= 11 is 13.2. The van der Waals surface area contributed by atoms with Gasteiger partial charge < -0.3 is 20.1 Å². The summed E-state index contributed by atoms with van der Waals surface area (Å²) < 4.78 is 6.94. The average Bonchev–Trinajstić information content (AvgIpc) is 3.17. The van der Waals surface area contributed by atoms with Crippen LogP contribution in [0.1, 0.15) is 36.3 Å². The Kier molecular flexibility index (Phi) is 7.55. The number of carbonyl (C=O) groups is 1. The van der Waals surface area contributed by atoms with Gasteiger partial charge in [0.1, 0.15) is 35.5 Å². The fourth-order valence-corrected chi connectivity index (χ4v) is 4.53. The van der Waals surface area contributed by atoms with E-state index in [1.807, 2.05) is 6.92 Å². The molecule has 0 amide bonds. The van der Waals surface area contributed by atoms with Crippen LogP contribution >= 0.6 is 35.0 Å². The minimum absolute atomic E-state index is 0.159. The molecule has 2 aromatic rings. The van der Waals surface area contributed by atoms with Crippen molar-refractivity contribution in [2.75, 3.05) is 6.61 Å². The van der Waals surface area contributed by atoms with E-state index >= 15 is 0 Å². The molecule has 2 heterocycles. The molecular weight excluding hydrogens is 441 g/mol. The van der Waals surface area contributed by atoms with Crippen molar-refractivity contribution < 1.29 is 24.9 Å². The van der Waals surface area contributed by atoms with Crippen LogP contribution in [0.25, 0.3) is 0 Å². The van der Waals surface area contributed by atoms with Crippen LogP contribution in [0.4, 0.5) is 0 Å². The number of nitrogens with zero attached hydrogens (tertiary/aromatic N) is 3. The van der Waals surface area contributed by atoms with Gasteiger partial charge >= 0.3 is 0 Å². The second kappa shape index (κ2) is 9.74. The number of rotatable bonds is 7. The fraction of sp³-hybridized carbons (Fsp3) is 0.500. The number of benzene rings is 1.